The zero-order valence-electron chi connectivity index (χ0n) is 6.73. The molecule has 2 rings (SSSR count). The van der Waals surface area contributed by atoms with Gasteiger partial charge in [-0.1, -0.05) is 6.07 Å². The average Bonchev–Trinajstić information content (AvgIpc) is 2.49. The molecule has 0 aliphatic heterocycles. The first-order valence-corrected chi connectivity index (χ1v) is 3.81. The molecule has 0 saturated heterocycles. The summed E-state index contributed by atoms with van der Waals surface area (Å²) in [7, 11) is 0. The Morgan fingerprint density at radius 2 is 2.50 bits per heavy atom. The molecular weight excluding hydrogens is 152 g/mol. The normalized spacial score (nSPS) is 13.5. The lowest BCUT2D eigenvalue weighted by molar-refractivity contribution is 0.200. The van der Waals surface area contributed by atoms with Gasteiger partial charge >= 0.3 is 0 Å². The molecule has 0 saturated carbocycles. The number of hydrogen-bond acceptors (Lipinski definition) is 2. The van der Waals surface area contributed by atoms with Crippen LogP contribution in [0.4, 0.5) is 0 Å². The molecule has 12 heavy (non-hydrogen) atoms. The predicted octanol–water partition coefficient (Wildman–Crippen LogP) is 1.19. The second-order valence-corrected chi connectivity index (χ2v) is 2.74. The summed E-state index contributed by atoms with van der Waals surface area (Å²) >= 11 is 0. The minimum Gasteiger partial charge on any atom is -0.389 e. The van der Waals surface area contributed by atoms with Crippen LogP contribution >= 0.6 is 0 Å². The highest BCUT2D eigenvalue weighted by Crippen LogP contribution is 2.16. The van der Waals surface area contributed by atoms with E-state index in [1.54, 1.807) is 13.1 Å². The SMILES string of the molecule is CC(O)c1cccn2c[c]nc12. The van der Waals surface area contributed by atoms with Crippen LogP contribution in [-0.2, 0) is 0 Å². The highest BCUT2D eigenvalue weighted by Gasteiger charge is 2.06. The molecule has 0 aliphatic rings. The third-order valence-electron chi connectivity index (χ3n) is 1.84. The Kier molecular flexibility index (Phi) is 1.59. The molecule has 1 N–H and O–H groups in total. The summed E-state index contributed by atoms with van der Waals surface area (Å²) in [5.41, 5.74) is 1.60. The number of imidazole rings is 1. The molecule has 0 amide bonds. The molecule has 61 valence electrons. The number of rotatable bonds is 1. The van der Waals surface area contributed by atoms with Crippen molar-refractivity contribution in [2.75, 3.05) is 0 Å². The van der Waals surface area contributed by atoms with Gasteiger partial charge < -0.3 is 9.51 Å². The molecule has 1 unspecified atom stereocenters. The van der Waals surface area contributed by atoms with Crippen molar-refractivity contribution >= 4 is 5.65 Å². The first kappa shape index (κ1) is 7.31. The topological polar surface area (TPSA) is 37.5 Å². The molecule has 0 aliphatic carbocycles. The predicted molar refractivity (Wildman–Crippen MR) is 44.7 cm³/mol. The lowest BCUT2D eigenvalue weighted by atomic mass is 10.2. The fourth-order valence-electron chi connectivity index (χ4n) is 1.24. The van der Waals surface area contributed by atoms with E-state index in [0.29, 0.717) is 0 Å². The van der Waals surface area contributed by atoms with Crippen molar-refractivity contribution in [1.29, 1.82) is 0 Å². The number of fused-ring (bicyclic) bond motifs is 1. The molecular formula is C9H9N2O. The number of pyridine rings is 1. The van der Waals surface area contributed by atoms with Gasteiger partial charge in [0.1, 0.15) is 11.8 Å². The molecule has 1 atom stereocenters. The second kappa shape index (κ2) is 2.60. The van der Waals surface area contributed by atoms with Crippen LogP contribution in [0.5, 0.6) is 0 Å². The molecule has 2 aromatic rings. The maximum atomic E-state index is 9.37. The van der Waals surface area contributed by atoms with E-state index in [2.05, 4.69) is 11.2 Å². The van der Waals surface area contributed by atoms with Crippen molar-refractivity contribution in [2.45, 2.75) is 13.0 Å². The number of nitrogens with zero attached hydrogens (tertiary/aromatic N) is 2. The van der Waals surface area contributed by atoms with Gasteiger partial charge in [0.2, 0.25) is 0 Å². The van der Waals surface area contributed by atoms with E-state index >= 15 is 0 Å². The average molecular weight is 161 g/mol. The molecule has 2 aromatic heterocycles. The van der Waals surface area contributed by atoms with Gasteiger partial charge in [-0.15, -0.1) is 0 Å². The summed E-state index contributed by atoms with van der Waals surface area (Å²) in [4.78, 5) is 4.02. The smallest absolute Gasteiger partial charge is 0.143 e. The molecule has 3 nitrogen and oxygen atoms in total. The molecule has 0 aromatic carbocycles. The van der Waals surface area contributed by atoms with E-state index in [1.165, 1.54) is 0 Å². The monoisotopic (exact) mass is 161 g/mol. The molecule has 2 heterocycles. The van der Waals surface area contributed by atoms with Crippen LogP contribution in [-0.4, -0.2) is 14.5 Å². The summed E-state index contributed by atoms with van der Waals surface area (Å²) in [6.45, 7) is 1.73. The third kappa shape index (κ3) is 0.987. The molecule has 0 bridgehead atoms. The van der Waals surface area contributed by atoms with E-state index in [1.807, 2.05) is 22.7 Å². The van der Waals surface area contributed by atoms with Gasteiger partial charge in [0, 0.05) is 18.0 Å². The third-order valence-corrected chi connectivity index (χ3v) is 1.84. The van der Waals surface area contributed by atoms with E-state index in [9.17, 15) is 5.11 Å². The lowest BCUT2D eigenvalue weighted by Crippen LogP contribution is -1.95. The minimum absolute atomic E-state index is 0.482. The molecule has 0 spiro atoms. The van der Waals surface area contributed by atoms with Gasteiger partial charge in [0.05, 0.1) is 6.10 Å². The summed E-state index contributed by atoms with van der Waals surface area (Å²) in [6.07, 6.45) is 5.87. The fraction of sp³-hybridized carbons (Fsp3) is 0.222. The van der Waals surface area contributed by atoms with E-state index in [4.69, 9.17) is 0 Å². The van der Waals surface area contributed by atoms with E-state index in [0.717, 1.165) is 11.2 Å². The van der Waals surface area contributed by atoms with Crippen LogP contribution in [0.15, 0.2) is 24.5 Å². The van der Waals surface area contributed by atoms with Crippen molar-refractivity contribution in [1.82, 2.24) is 9.38 Å². The van der Waals surface area contributed by atoms with Gasteiger partial charge in [-0.3, -0.25) is 0 Å². The van der Waals surface area contributed by atoms with Gasteiger partial charge in [0.25, 0.3) is 0 Å². The summed E-state index contributed by atoms with van der Waals surface area (Å²) in [6, 6.07) is 3.74. The number of aliphatic hydroxyl groups excluding tert-OH is 1. The standard InChI is InChI=1S/C9H9N2O/c1-7(12)8-3-2-5-11-6-4-10-9(8)11/h2-3,5-7,12H,1H3. The Labute approximate surface area is 70.3 Å². The van der Waals surface area contributed by atoms with Crippen molar-refractivity contribution in [2.24, 2.45) is 0 Å². The molecule has 0 fully saturated rings. The van der Waals surface area contributed by atoms with Gasteiger partial charge in [-0.05, 0) is 13.0 Å². The molecule has 3 heteroatoms. The zero-order chi connectivity index (χ0) is 8.55. The Bertz CT molecular complexity index is 392. The quantitative estimate of drug-likeness (QED) is 0.682. The maximum Gasteiger partial charge on any atom is 0.143 e. The van der Waals surface area contributed by atoms with Crippen LogP contribution < -0.4 is 0 Å². The largest absolute Gasteiger partial charge is 0.389 e. The second-order valence-electron chi connectivity index (χ2n) is 2.74. The van der Waals surface area contributed by atoms with Crippen molar-refractivity contribution in [3.63, 3.8) is 0 Å². The number of aromatic nitrogens is 2. The number of aliphatic hydroxyl groups is 1. The van der Waals surface area contributed by atoms with Crippen molar-refractivity contribution in [3.05, 3.63) is 36.3 Å². The Hall–Kier alpha value is -1.35. The van der Waals surface area contributed by atoms with Crippen LogP contribution in [0.1, 0.15) is 18.6 Å². The maximum absolute atomic E-state index is 9.37. The van der Waals surface area contributed by atoms with Gasteiger partial charge in [-0.25, -0.2) is 4.98 Å². The Morgan fingerprint density at radius 1 is 1.67 bits per heavy atom. The molecule has 1 radical (unpaired) electrons. The highest BCUT2D eigenvalue weighted by atomic mass is 16.3. The van der Waals surface area contributed by atoms with Gasteiger partial charge in [0.15, 0.2) is 0 Å². The van der Waals surface area contributed by atoms with Crippen molar-refractivity contribution < 1.29 is 5.11 Å². The van der Waals surface area contributed by atoms with Crippen molar-refractivity contribution in [3.8, 4) is 0 Å². The number of hydrogen-bond donors (Lipinski definition) is 1. The first-order chi connectivity index (χ1) is 5.79. The Morgan fingerprint density at radius 3 is 3.25 bits per heavy atom. The minimum atomic E-state index is -0.482. The highest BCUT2D eigenvalue weighted by molar-refractivity contribution is 5.48. The summed E-state index contributed by atoms with van der Waals surface area (Å²) in [5, 5.41) is 9.37. The van der Waals surface area contributed by atoms with Crippen LogP contribution in [0.2, 0.25) is 0 Å². The van der Waals surface area contributed by atoms with Gasteiger partial charge in [-0.2, -0.15) is 0 Å². The van der Waals surface area contributed by atoms with E-state index < -0.39 is 6.10 Å². The first-order valence-electron chi connectivity index (χ1n) is 3.81. The fourth-order valence-corrected chi connectivity index (χ4v) is 1.24. The Balaban J connectivity index is 2.73. The zero-order valence-corrected chi connectivity index (χ0v) is 6.73. The summed E-state index contributed by atoms with van der Waals surface area (Å²) < 4.78 is 1.84. The van der Waals surface area contributed by atoms with E-state index in [-0.39, 0.29) is 0 Å². The summed E-state index contributed by atoms with van der Waals surface area (Å²) in [5.74, 6) is 0. The van der Waals surface area contributed by atoms with Crippen LogP contribution in [0.25, 0.3) is 5.65 Å². The van der Waals surface area contributed by atoms with Crippen LogP contribution in [0, 0.1) is 6.20 Å². The lowest BCUT2D eigenvalue weighted by Gasteiger charge is -2.04. The van der Waals surface area contributed by atoms with Crippen LogP contribution in [0.3, 0.4) is 0 Å².